The number of hydrogen-bond acceptors (Lipinski definition) is 3. The molecule has 2 heterocycles. The van der Waals surface area contributed by atoms with Gasteiger partial charge in [0.2, 0.25) is 0 Å². The molecule has 1 amide bonds. The highest BCUT2D eigenvalue weighted by molar-refractivity contribution is 5.97. The second-order valence-electron chi connectivity index (χ2n) is 5.05. The lowest BCUT2D eigenvalue weighted by atomic mass is 10.0. The van der Waals surface area contributed by atoms with E-state index in [4.69, 9.17) is 4.42 Å². The third-order valence-corrected chi connectivity index (χ3v) is 3.87. The van der Waals surface area contributed by atoms with Crippen LogP contribution in [0.1, 0.15) is 46.7 Å². The van der Waals surface area contributed by atoms with E-state index in [9.17, 15) is 9.90 Å². The first-order valence-electron chi connectivity index (χ1n) is 6.54. The summed E-state index contributed by atoms with van der Waals surface area (Å²) < 4.78 is 5.52. The standard InChI is InChI=1S/C14H21NO3/c1-9-10(2)18-11(3)13(9)14(17)15-7-5-4-6-12(15)8-16/h12,16H,4-8H2,1-3H3. The molecular weight excluding hydrogens is 230 g/mol. The molecule has 0 aliphatic carbocycles. The Hall–Kier alpha value is -1.29. The van der Waals surface area contributed by atoms with Gasteiger partial charge in [-0.2, -0.15) is 0 Å². The van der Waals surface area contributed by atoms with Crippen molar-refractivity contribution in [1.82, 2.24) is 4.90 Å². The maximum absolute atomic E-state index is 12.6. The van der Waals surface area contributed by atoms with Gasteiger partial charge in [-0.1, -0.05) is 0 Å². The van der Waals surface area contributed by atoms with E-state index in [1.165, 1.54) is 0 Å². The van der Waals surface area contributed by atoms with Crippen LogP contribution in [0.3, 0.4) is 0 Å². The number of aryl methyl sites for hydroxylation is 2. The van der Waals surface area contributed by atoms with E-state index in [2.05, 4.69) is 0 Å². The van der Waals surface area contributed by atoms with Gasteiger partial charge in [0.25, 0.3) is 5.91 Å². The van der Waals surface area contributed by atoms with E-state index in [-0.39, 0.29) is 18.6 Å². The summed E-state index contributed by atoms with van der Waals surface area (Å²) in [5.41, 5.74) is 1.59. The third kappa shape index (κ3) is 2.17. The number of aliphatic hydroxyl groups is 1. The molecule has 2 rings (SSSR count). The molecule has 0 aromatic carbocycles. The van der Waals surface area contributed by atoms with Gasteiger partial charge in [-0.3, -0.25) is 4.79 Å². The summed E-state index contributed by atoms with van der Waals surface area (Å²) >= 11 is 0. The van der Waals surface area contributed by atoms with Crippen molar-refractivity contribution < 1.29 is 14.3 Å². The maximum Gasteiger partial charge on any atom is 0.258 e. The Balaban J connectivity index is 2.29. The molecule has 4 heteroatoms. The Kier molecular flexibility index (Phi) is 3.76. The van der Waals surface area contributed by atoms with E-state index >= 15 is 0 Å². The van der Waals surface area contributed by atoms with Gasteiger partial charge in [-0.15, -0.1) is 0 Å². The highest BCUT2D eigenvalue weighted by Gasteiger charge is 2.30. The number of piperidine rings is 1. The smallest absolute Gasteiger partial charge is 0.258 e. The van der Waals surface area contributed by atoms with Crippen LogP contribution in [0.2, 0.25) is 0 Å². The van der Waals surface area contributed by atoms with Crippen molar-refractivity contribution in [3.63, 3.8) is 0 Å². The minimum atomic E-state index is -0.0414. The summed E-state index contributed by atoms with van der Waals surface area (Å²) in [5.74, 6) is 1.48. The fourth-order valence-electron chi connectivity index (χ4n) is 2.71. The van der Waals surface area contributed by atoms with Crippen molar-refractivity contribution in [3.05, 3.63) is 22.6 Å². The lowest BCUT2D eigenvalue weighted by Crippen LogP contribution is -2.45. The van der Waals surface area contributed by atoms with Gasteiger partial charge >= 0.3 is 0 Å². The van der Waals surface area contributed by atoms with Crippen LogP contribution in [0.4, 0.5) is 0 Å². The average Bonchev–Trinajstić information content (AvgIpc) is 2.62. The molecule has 1 fully saturated rings. The minimum Gasteiger partial charge on any atom is -0.466 e. The van der Waals surface area contributed by atoms with Crippen molar-refractivity contribution in [3.8, 4) is 0 Å². The van der Waals surface area contributed by atoms with Crippen LogP contribution in [-0.4, -0.2) is 35.1 Å². The summed E-state index contributed by atoms with van der Waals surface area (Å²) in [6.45, 7) is 6.38. The van der Waals surface area contributed by atoms with Crippen LogP contribution in [0.15, 0.2) is 4.42 Å². The van der Waals surface area contributed by atoms with E-state index < -0.39 is 0 Å². The minimum absolute atomic E-state index is 0.000556. The zero-order valence-corrected chi connectivity index (χ0v) is 11.3. The molecule has 4 nitrogen and oxygen atoms in total. The van der Waals surface area contributed by atoms with E-state index in [0.29, 0.717) is 11.3 Å². The molecule has 1 N–H and O–H groups in total. The summed E-state index contributed by atoms with van der Waals surface area (Å²) in [5, 5.41) is 9.38. The Morgan fingerprint density at radius 3 is 2.61 bits per heavy atom. The Bertz CT molecular complexity index is 450. The van der Waals surface area contributed by atoms with Crippen LogP contribution >= 0.6 is 0 Å². The van der Waals surface area contributed by atoms with Gasteiger partial charge in [-0.05, 0) is 40.0 Å². The van der Waals surface area contributed by atoms with Gasteiger partial charge in [0.1, 0.15) is 11.5 Å². The predicted molar refractivity (Wildman–Crippen MR) is 68.7 cm³/mol. The van der Waals surface area contributed by atoms with E-state index in [1.54, 1.807) is 4.90 Å². The molecule has 0 bridgehead atoms. The van der Waals surface area contributed by atoms with Gasteiger partial charge in [0.15, 0.2) is 0 Å². The van der Waals surface area contributed by atoms with Crippen molar-refractivity contribution in [2.75, 3.05) is 13.2 Å². The van der Waals surface area contributed by atoms with Crippen LogP contribution in [-0.2, 0) is 0 Å². The van der Waals surface area contributed by atoms with Gasteiger partial charge in [0, 0.05) is 12.1 Å². The normalized spacial score (nSPS) is 20.2. The highest BCUT2D eigenvalue weighted by Crippen LogP contribution is 2.25. The molecule has 1 aliphatic rings. The Morgan fingerprint density at radius 2 is 2.06 bits per heavy atom. The fourth-order valence-corrected chi connectivity index (χ4v) is 2.71. The van der Waals surface area contributed by atoms with Crippen LogP contribution < -0.4 is 0 Å². The molecule has 1 aromatic rings. The zero-order chi connectivity index (χ0) is 13.3. The molecule has 1 saturated heterocycles. The number of furan rings is 1. The Morgan fingerprint density at radius 1 is 1.33 bits per heavy atom. The number of nitrogens with zero attached hydrogens (tertiary/aromatic N) is 1. The first kappa shape index (κ1) is 13.1. The molecule has 0 saturated carbocycles. The van der Waals surface area contributed by atoms with Gasteiger partial charge < -0.3 is 14.4 Å². The lowest BCUT2D eigenvalue weighted by molar-refractivity contribution is 0.0500. The van der Waals surface area contributed by atoms with Crippen LogP contribution in [0.5, 0.6) is 0 Å². The van der Waals surface area contributed by atoms with Crippen LogP contribution in [0, 0.1) is 20.8 Å². The quantitative estimate of drug-likeness (QED) is 0.876. The number of rotatable bonds is 2. The van der Waals surface area contributed by atoms with Crippen molar-refractivity contribution in [1.29, 1.82) is 0 Å². The second kappa shape index (κ2) is 5.14. The van der Waals surface area contributed by atoms with Crippen molar-refractivity contribution >= 4 is 5.91 Å². The summed E-state index contributed by atoms with van der Waals surface area (Å²) in [6.07, 6.45) is 2.98. The van der Waals surface area contributed by atoms with Crippen molar-refractivity contribution in [2.24, 2.45) is 0 Å². The second-order valence-corrected chi connectivity index (χ2v) is 5.05. The van der Waals surface area contributed by atoms with Gasteiger partial charge in [-0.25, -0.2) is 0 Å². The predicted octanol–water partition coefficient (Wildman–Crippen LogP) is 2.19. The van der Waals surface area contributed by atoms with Gasteiger partial charge in [0.05, 0.1) is 18.2 Å². The first-order chi connectivity index (χ1) is 8.56. The largest absolute Gasteiger partial charge is 0.466 e. The number of likely N-dealkylation sites (tertiary alicyclic amines) is 1. The zero-order valence-electron chi connectivity index (χ0n) is 11.3. The molecule has 1 atom stereocenters. The number of hydrogen-bond donors (Lipinski definition) is 1. The Labute approximate surface area is 108 Å². The number of aliphatic hydroxyl groups excluding tert-OH is 1. The number of carbonyl (C=O) groups is 1. The molecule has 1 aromatic heterocycles. The molecule has 100 valence electrons. The fraction of sp³-hybridized carbons (Fsp3) is 0.643. The van der Waals surface area contributed by atoms with Crippen LogP contribution in [0.25, 0.3) is 0 Å². The summed E-state index contributed by atoms with van der Waals surface area (Å²) in [6, 6.07) is -0.0414. The van der Waals surface area contributed by atoms with E-state index in [0.717, 1.165) is 37.1 Å². The molecule has 1 aliphatic heterocycles. The summed E-state index contributed by atoms with van der Waals surface area (Å²) in [7, 11) is 0. The van der Waals surface area contributed by atoms with Crippen molar-refractivity contribution in [2.45, 2.75) is 46.1 Å². The van der Waals surface area contributed by atoms with E-state index in [1.807, 2.05) is 20.8 Å². The summed E-state index contributed by atoms with van der Waals surface area (Å²) in [4.78, 5) is 14.4. The first-order valence-corrected chi connectivity index (χ1v) is 6.54. The topological polar surface area (TPSA) is 53.7 Å². The highest BCUT2D eigenvalue weighted by atomic mass is 16.3. The molecule has 0 radical (unpaired) electrons. The SMILES string of the molecule is Cc1oc(C)c(C(=O)N2CCCCC2CO)c1C. The number of amides is 1. The number of carbonyl (C=O) groups excluding carboxylic acids is 1. The average molecular weight is 251 g/mol. The molecule has 18 heavy (non-hydrogen) atoms. The molecular formula is C14H21NO3. The monoisotopic (exact) mass is 251 g/mol. The molecule has 0 spiro atoms. The maximum atomic E-state index is 12.6. The lowest BCUT2D eigenvalue weighted by Gasteiger charge is -2.34. The third-order valence-electron chi connectivity index (χ3n) is 3.87. The molecule has 1 unspecified atom stereocenters.